The molecule has 0 aromatic heterocycles. The highest BCUT2D eigenvalue weighted by Crippen LogP contribution is 2.31. The van der Waals surface area contributed by atoms with E-state index in [0.717, 1.165) is 37.1 Å². The molecule has 0 spiro atoms. The Bertz CT molecular complexity index is 638. The number of hydrogen-bond acceptors (Lipinski definition) is 2. The molecule has 0 amide bonds. The molecule has 1 aliphatic heterocycles. The van der Waals surface area contributed by atoms with Gasteiger partial charge in [0.2, 0.25) is 0 Å². The number of methoxy groups -OCH3 is 1. The number of halogens is 1. The zero-order valence-electron chi connectivity index (χ0n) is 13.2. The number of rotatable bonds is 4. The monoisotopic (exact) mass is 299 g/mol. The molecule has 1 unspecified atom stereocenters. The van der Waals surface area contributed by atoms with E-state index in [2.05, 4.69) is 24.1 Å². The summed E-state index contributed by atoms with van der Waals surface area (Å²) in [5, 5.41) is 0. The van der Waals surface area contributed by atoms with Gasteiger partial charge in [0.1, 0.15) is 11.6 Å². The Morgan fingerprint density at radius 2 is 1.95 bits per heavy atom. The minimum Gasteiger partial charge on any atom is -0.497 e. The minimum atomic E-state index is -0.151. The zero-order valence-corrected chi connectivity index (χ0v) is 13.2. The van der Waals surface area contributed by atoms with E-state index in [0.29, 0.717) is 6.04 Å². The van der Waals surface area contributed by atoms with Crippen molar-refractivity contribution in [1.82, 2.24) is 0 Å². The van der Waals surface area contributed by atoms with Gasteiger partial charge < -0.3 is 9.64 Å². The van der Waals surface area contributed by atoms with E-state index in [1.807, 2.05) is 18.2 Å². The maximum Gasteiger partial charge on any atom is 0.125 e. The summed E-state index contributed by atoms with van der Waals surface area (Å²) in [6, 6.07) is 13.9. The van der Waals surface area contributed by atoms with Gasteiger partial charge in [-0.25, -0.2) is 4.39 Å². The lowest BCUT2D eigenvalue weighted by Gasteiger charge is -2.36. The maximum atomic E-state index is 13.5. The average Bonchev–Trinajstić information content (AvgIpc) is 2.55. The highest BCUT2D eigenvalue weighted by Gasteiger charge is 2.23. The van der Waals surface area contributed by atoms with E-state index in [9.17, 15) is 4.39 Å². The Labute approximate surface area is 131 Å². The highest BCUT2D eigenvalue weighted by atomic mass is 19.1. The van der Waals surface area contributed by atoms with Gasteiger partial charge in [-0.3, -0.25) is 0 Å². The smallest absolute Gasteiger partial charge is 0.125 e. The topological polar surface area (TPSA) is 12.5 Å². The standard InChI is InChI=1S/C19H22FNO/c1-21-17(9-3-14-4-11-18(22-2)12-5-14)10-7-15-6-8-16(20)13-19(15)21/h4-6,8,11-13,17H,3,7,9-10H2,1-2H3. The van der Waals surface area contributed by atoms with E-state index in [1.165, 1.54) is 11.1 Å². The van der Waals surface area contributed by atoms with Crippen LogP contribution in [0.1, 0.15) is 24.0 Å². The molecular formula is C19H22FNO. The van der Waals surface area contributed by atoms with Gasteiger partial charge in [-0.2, -0.15) is 0 Å². The Morgan fingerprint density at radius 3 is 2.68 bits per heavy atom. The summed E-state index contributed by atoms with van der Waals surface area (Å²) in [5.74, 6) is 0.740. The lowest BCUT2D eigenvalue weighted by Crippen LogP contribution is -2.36. The molecule has 0 fully saturated rings. The number of anilines is 1. The Morgan fingerprint density at radius 1 is 1.18 bits per heavy atom. The lowest BCUT2D eigenvalue weighted by molar-refractivity contribution is 0.414. The summed E-state index contributed by atoms with van der Waals surface area (Å²) < 4.78 is 18.7. The predicted octanol–water partition coefficient (Wildman–Crippen LogP) is 4.22. The van der Waals surface area contributed by atoms with Gasteiger partial charge in [-0.1, -0.05) is 18.2 Å². The fourth-order valence-electron chi connectivity index (χ4n) is 3.25. The Hall–Kier alpha value is -2.03. The van der Waals surface area contributed by atoms with Crippen LogP contribution in [-0.2, 0) is 12.8 Å². The van der Waals surface area contributed by atoms with E-state index in [-0.39, 0.29) is 5.82 Å². The van der Waals surface area contributed by atoms with Crippen LogP contribution in [-0.4, -0.2) is 20.2 Å². The van der Waals surface area contributed by atoms with Crippen molar-refractivity contribution < 1.29 is 9.13 Å². The van der Waals surface area contributed by atoms with Crippen LogP contribution in [0.15, 0.2) is 42.5 Å². The average molecular weight is 299 g/mol. The van der Waals surface area contributed by atoms with Crippen molar-refractivity contribution in [3.05, 3.63) is 59.4 Å². The number of aryl methyl sites for hydroxylation is 2. The SMILES string of the molecule is COc1ccc(CCC2CCc3ccc(F)cc3N2C)cc1. The number of hydrogen-bond donors (Lipinski definition) is 0. The van der Waals surface area contributed by atoms with Crippen molar-refractivity contribution in [3.63, 3.8) is 0 Å². The summed E-state index contributed by atoms with van der Waals surface area (Å²) in [5.41, 5.74) is 3.62. The largest absolute Gasteiger partial charge is 0.497 e. The van der Waals surface area contributed by atoms with Gasteiger partial charge in [0.25, 0.3) is 0 Å². The number of nitrogens with zero attached hydrogens (tertiary/aromatic N) is 1. The van der Waals surface area contributed by atoms with Crippen LogP contribution in [0.5, 0.6) is 5.75 Å². The van der Waals surface area contributed by atoms with Crippen LogP contribution >= 0.6 is 0 Å². The number of benzene rings is 2. The first kappa shape index (κ1) is 14.9. The molecule has 1 aliphatic rings. The third kappa shape index (κ3) is 3.08. The molecule has 1 heterocycles. The fraction of sp³-hybridized carbons (Fsp3) is 0.368. The molecule has 2 aromatic rings. The molecule has 22 heavy (non-hydrogen) atoms. The highest BCUT2D eigenvalue weighted by molar-refractivity contribution is 5.56. The second-order valence-electron chi connectivity index (χ2n) is 5.96. The summed E-state index contributed by atoms with van der Waals surface area (Å²) in [7, 11) is 3.76. The van der Waals surface area contributed by atoms with Gasteiger partial charge in [0, 0.05) is 18.8 Å². The van der Waals surface area contributed by atoms with Gasteiger partial charge in [-0.15, -0.1) is 0 Å². The van der Waals surface area contributed by atoms with Crippen LogP contribution in [0.4, 0.5) is 10.1 Å². The number of ether oxygens (including phenoxy) is 1. The van der Waals surface area contributed by atoms with E-state index < -0.39 is 0 Å². The molecule has 0 bridgehead atoms. The first-order valence-electron chi connectivity index (χ1n) is 7.81. The molecular weight excluding hydrogens is 277 g/mol. The molecule has 3 rings (SSSR count). The molecule has 3 heteroatoms. The molecule has 2 nitrogen and oxygen atoms in total. The molecule has 0 saturated heterocycles. The summed E-state index contributed by atoms with van der Waals surface area (Å²) >= 11 is 0. The molecule has 2 aromatic carbocycles. The van der Waals surface area contributed by atoms with Crippen LogP contribution in [0.3, 0.4) is 0 Å². The molecule has 0 N–H and O–H groups in total. The maximum absolute atomic E-state index is 13.5. The quantitative estimate of drug-likeness (QED) is 0.838. The van der Waals surface area contributed by atoms with Crippen LogP contribution in [0, 0.1) is 5.82 Å². The van der Waals surface area contributed by atoms with E-state index in [4.69, 9.17) is 4.74 Å². The van der Waals surface area contributed by atoms with Crippen molar-refractivity contribution in [1.29, 1.82) is 0 Å². The third-order valence-corrected chi connectivity index (χ3v) is 4.65. The van der Waals surface area contributed by atoms with Gasteiger partial charge in [0.05, 0.1) is 7.11 Å². The zero-order chi connectivity index (χ0) is 15.5. The van der Waals surface area contributed by atoms with Crippen molar-refractivity contribution in [2.45, 2.75) is 31.7 Å². The van der Waals surface area contributed by atoms with Gasteiger partial charge in [-0.05, 0) is 61.1 Å². The molecule has 0 radical (unpaired) electrons. The fourth-order valence-corrected chi connectivity index (χ4v) is 3.25. The van der Waals surface area contributed by atoms with Crippen molar-refractivity contribution in [2.75, 3.05) is 19.1 Å². The van der Waals surface area contributed by atoms with E-state index in [1.54, 1.807) is 19.2 Å². The van der Waals surface area contributed by atoms with Gasteiger partial charge >= 0.3 is 0 Å². The predicted molar refractivity (Wildman–Crippen MR) is 88.2 cm³/mol. The second-order valence-corrected chi connectivity index (χ2v) is 5.96. The lowest BCUT2D eigenvalue weighted by atomic mass is 9.92. The van der Waals surface area contributed by atoms with Crippen molar-refractivity contribution in [3.8, 4) is 5.75 Å². The van der Waals surface area contributed by atoms with Crippen molar-refractivity contribution >= 4 is 5.69 Å². The molecule has 116 valence electrons. The first-order chi connectivity index (χ1) is 10.7. The van der Waals surface area contributed by atoms with Crippen molar-refractivity contribution in [2.24, 2.45) is 0 Å². The third-order valence-electron chi connectivity index (χ3n) is 4.65. The minimum absolute atomic E-state index is 0.151. The summed E-state index contributed by atoms with van der Waals surface area (Å²) in [6.07, 6.45) is 4.28. The number of fused-ring (bicyclic) bond motifs is 1. The second kappa shape index (κ2) is 6.39. The normalized spacial score (nSPS) is 17.2. The molecule has 1 atom stereocenters. The van der Waals surface area contributed by atoms with Crippen LogP contribution < -0.4 is 9.64 Å². The summed E-state index contributed by atoms with van der Waals surface area (Å²) in [4.78, 5) is 2.24. The molecule has 0 saturated carbocycles. The summed E-state index contributed by atoms with van der Waals surface area (Å²) in [6.45, 7) is 0. The van der Waals surface area contributed by atoms with Crippen LogP contribution in [0.25, 0.3) is 0 Å². The molecule has 0 aliphatic carbocycles. The Balaban J connectivity index is 1.66. The Kier molecular flexibility index (Phi) is 4.32. The van der Waals surface area contributed by atoms with E-state index >= 15 is 0 Å². The van der Waals surface area contributed by atoms with Crippen LogP contribution in [0.2, 0.25) is 0 Å². The first-order valence-corrected chi connectivity index (χ1v) is 7.81. The van der Waals surface area contributed by atoms with Gasteiger partial charge in [0.15, 0.2) is 0 Å².